The van der Waals surface area contributed by atoms with Crippen LogP contribution in [0.5, 0.6) is 0 Å². The molecule has 4 nitrogen and oxygen atoms in total. The van der Waals surface area contributed by atoms with Crippen molar-refractivity contribution in [2.24, 2.45) is 0 Å². The highest BCUT2D eigenvalue weighted by atomic mass is 16.3. The number of anilines is 1. The molecule has 0 aliphatic carbocycles. The second-order valence-corrected chi connectivity index (χ2v) is 2.83. The summed E-state index contributed by atoms with van der Waals surface area (Å²) in [5, 5.41) is 6.61. The average molecular weight is 177 g/mol. The molecule has 0 unspecified atom stereocenters. The minimum absolute atomic E-state index is 0.476. The fourth-order valence-electron chi connectivity index (χ4n) is 1.18. The predicted molar refractivity (Wildman–Crippen MR) is 50.1 cm³/mol. The molecule has 2 aromatic heterocycles. The first-order chi connectivity index (χ1) is 6.29. The van der Waals surface area contributed by atoms with Gasteiger partial charge in [-0.05, 0) is 12.1 Å². The monoisotopic (exact) mass is 177 g/mol. The zero-order valence-corrected chi connectivity index (χ0v) is 7.37. The number of nitrogens with one attached hydrogen (secondary N) is 1. The molecule has 0 bridgehead atoms. The van der Waals surface area contributed by atoms with Crippen LogP contribution in [0.3, 0.4) is 0 Å². The molecule has 0 saturated carbocycles. The Morgan fingerprint density at radius 3 is 2.92 bits per heavy atom. The van der Waals surface area contributed by atoms with Crippen LogP contribution in [-0.2, 0) is 6.42 Å². The smallest absolute Gasteiger partial charge is 0.152 e. The summed E-state index contributed by atoms with van der Waals surface area (Å²) in [7, 11) is 0. The minimum atomic E-state index is 0.476. The number of rotatable bonds is 2. The second-order valence-electron chi connectivity index (χ2n) is 2.83. The maximum Gasteiger partial charge on any atom is 0.152 e. The fourth-order valence-corrected chi connectivity index (χ4v) is 1.18. The normalized spacial score (nSPS) is 10.5. The van der Waals surface area contributed by atoms with Crippen LogP contribution in [0.25, 0.3) is 11.5 Å². The third kappa shape index (κ3) is 1.42. The molecule has 0 aliphatic heterocycles. The number of furan rings is 1. The number of hydrogen-bond acceptors (Lipinski definition) is 3. The van der Waals surface area contributed by atoms with Crippen LogP contribution in [0.4, 0.5) is 5.82 Å². The van der Waals surface area contributed by atoms with E-state index in [1.807, 2.05) is 19.1 Å². The molecule has 2 heterocycles. The van der Waals surface area contributed by atoms with E-state index in [0.717, 1.165) is 23.6 Å². The summed E-state index contributed by atoms with van der Waals surface area (Å²) >= 11 is 0. The molecule has 4 heteroatoms. The van der Waals surface area contributed by atoms with Crippen LogP contribution >= 0.6 is 0 Å². The van der Waals surface area contributed by atoms with E-state index >= 15 is 0 Å². The number of nitrogens with zero attached hydrogens (tertiary/aromatic N) is 1. The Morgan fingerprint density at radius 1 is 1.54 bits per heavy atom. The van der Waals surface area contributed by atoms with Crippen LogP contribution in [-0.4, -0.2) is 10.2 Å². The summed E-state index contributed by atoms with van der Waals surface area (Å²) in [6, 6.07) is 5.61. The highest BCUT2D eigenvalue weighted by molar-refractivity contribution is 5.56. The van der Waals surface area contributed by atoms with Gasteiger partial charge >= 0.3 is 0 Å². The number of aromatic amines is 1. The molecule has 68 valence electrons. The van der Waals surface area contributed by atoms with Crippen molar-refractivity contribution in [2.75, 3.05) is 5.73 Å². The van der Waals surface area contributed by atoms with Gasteiger partial charge in [0.15, 0.2) is 5.76 Å². The minimum Gasteiger partial charge on any atom is -0.459 e. The highest BCUT2D eigenvalue weighted by Crippen LogP contribution is 2.21. The van der Waals surface area contributed by atoms with Crippen molar-refractivity contribution in [3.63, 3.8) is 0 Å². The molecule has 0 aromatic carbocycles. The number of aromatic nitrogens is 2. The molecule has 0 saturated heterocycles. The Kier molecular flexibility index (Phi) is 1.81. The van der Waals surface area contributed by atoms with Crippen molar-refractivity contribution in [3.05, 3.63) is 24.0 Å². The second kappa shape index (κ2) is 2.97. The number of nitrogen functional groups attached to an aromatic ring is 1. The van der Waals surface area contributed by atoms with E-state index in [0.29, 0.717) is 5.82 Å². The summed E-state index contributed by atoms with van der Waals surface area (Å²) in [5.74, 6) is 2.22. The first-order valence-electron chi connectivity index (χ1n) is 4.19. The van der Waals surface area contributed by atoms with Gasteiger partial charge in [0.05, 0.1) is 0 Å². The molecule has 0 amide bonds. The number of aryl methyl sites for hydroxylation is 1. The molecule has 2 aromatic rings. The van der Waals surface area contributed by atoms with Gasteiger partial charge in [-0.15, -0.1) is 0 Å². The lowest BCUT2D eigenvalue weighted by molar-refractivity contribution is 0.527. The van der Waals surface area contributed by atoms with E-state index in [1.54, 1.807) is 6.07 Å². The van der Waals surface area contributed by atoms with Crippen molar-refractivity contribution in [2.45, 2.75) is 13.3 Å². The summed E-state index contributed by atoms with van der Waals surface area (Å²) < 4.78 is 5.51. The molecule has 0 spiro atoms. The summed E-state index contributed by atoms with van der Waals surface area (Å²) in [6.45, 7) is 2.05. The van der Waals surface area contributed by atoms with Crippen molar-refractivity contribution in [1.82, 2.24) is 10.2 Å². The van der Waals surface area contributed by atoms with E-state index in [2.05, 4.69) is 10.2 Å². The van der Waals surface area contributed by atoms with E-state index in [9.17, 15) is 0 Å². The summed E-state index contributed by atoms with van der Waals surface area (Å²) in [5.41, 5.74) is 6.29. The fraction of sp³-hybridized carbons (Fsp3) is 0.222. The van der Waals surface area contributed by atoms with E-state index < -0.39 is 0 Å². The maximum absolute atomic E-state index is 5.51. The maximum atomic E-state index is 5.51. The van der Waals surface area contributed by atoms with Crippen molar-refractivity contribution >= 4 is 5.82 Å². The van der Waals surface area contributed by atoms with Gasteiger partial charge in [0.25, 0.3) is 0 Å². The van der Waals surface area contributed by atoms with Crippen LogP contribution < -0.4 is 5.73 Å². The molecular formula is C9H11N3O. The highest BCUT2D eigenvalue weighted by Gasteiger charge is 2.05. The zero-order valence-electron chi connectivity index (χ0n) is 7.37. The Bertz CT molecular complexity index is 402. The third-order valence-corrected chi connectivity index (χ3v) is 1.87. The van der Waals surface area contributed by atoms with Crippen molar-refractivity contribution in [1.29, 1.82) is 0 Å². The number of H-pyrrole nitrogens is 1. The molecule has 2 rings (SSSR count). The quantitative estimate of drug-likeness (QED) is 0.735. The molecule has 13 heavy (non-hydrogen) atoms. The third-order valence-electron chi connectivity index (χ3n) is 1.87. The predicted octanol–water partition coefficient (Wildman–Crippen LogP) is 1.81. The van der Waals surface area contributed by atoms with Gasteiger partial charge in [-0.3, -0.25) is 5.10 Å². The zero-order chi connectivity index (χ0) is 9.26. The summed E-state index contributed by atoms with van der Waals surface area (Å²) in [4.78, 5) is 0. The van der Waals surface area contributed by atoms with Crippen molar-refractivity contribution < 1.29 is 4.42 Å². The van der Waals surface area contributed by atoms with Crippen LogP contribution in [0, 0.1) is 0 Å². The van der Waals surface area contributed by atoms with Crippen LogP contribution in [0.15, 0.2) is 22.6 Å². The van der Waals surface area contributed by atoms with Gasteiger partial charge in [-0.1, -0.05) is 6.92 Å². The lowest BCUT2D eigenvalue weighted by Crippen LogP contribution is -1.81. The topological polar surface area (TPSA) is 67.8 Å². The Labute approximate surface area is 75.7 Å². The van der Waals surface area contributed by atoms with Gasteiger partial charge in [0, 0.05) is 12.5 Å². The van der Waals surface area contributed by atoms with Crippen LogP contribution in [0.2, 0.25) is 0 Å². The Hall–Kier alpha value is -1.71. The molecule has 3 N–H and O–H groups in total. The average Bonchev–Trinajstić information content (AvgIpc) is 2.71. The standard InChI is InChI=1S/C9H11N3O/c1-2-6-3-4-8(13-6)7-5-9(10)12-11-7/h3-5H,2H2,1H3,(H3,10,11,12). The van der Waals surface area contributed by atoms with E-state index in [-0.39, 0.29) is 0 Å². The Balaban J connectivity index is 2.35. The first kappa shape index (κ1) is 7.91. The van der Waals surface area contributed by atoms with Gasteiger partial charge < -0.3 is 10.2 Å². The SMILES string of the molecule is CCc1ccc(-c2cc(N)n[nH]2)o1. The van der Waals surface area contributed by atoms with Gasteiger partial charge in [-0.25, -0.2) is 0 Å². The first-order valence-corrected chi connectivity index (χ1v) is 4.19. The Morgan fingerprint density at radius 2 is 2.38 bits per heavy atom. The van der Waals surface area contributed by atoms with Crippen molar-refractivity contribution in [3.8, 4) is 11.5 Å². The van der Waals surface area contributed by atoms with Gasteiger partial charge in [-0.2, -0.15) is 5.10 Å². The van der Waals surface area contributed by atoms with Gasteiger partial charge in [0.2, 0.25) is 0 Å². The number of nitrogens with two attached hydrogens (primary N) is 1. The molecule has 0 aliphatic rings. The summed E-state index contributed by atoms with van der Waals surface area (Å²) in [6.07, 6.45) is 0.892. The lowest BCUT2D eigenvalue weighted by Gasteiger charge is -1.89. The lowest BCUT2D eigenvalue weighted by atomic mass is 10.3. The number of hydrogen-bond donors (Lipinski definition) is 2. The van der Waals surface area contributed by atoms with Gasteiger partial charge in [0.1, 0.15) is 17.3 Å². The largest absolute Gasteiger partial charge is 0.459 e. The molecule has 0 fully saturated rings. The van der Waals surface area contributed by atoms with E-state index in [1.165, 1.54) is 0 Å². The molecule has 0 radical (unpaired) electrons. The van der Waals surface area contributed by atoms with Crippen LogP contribution in [0.1, 0.15) is 12.7 Å². The molecular weight excluding hydrogens is 166 g/mol. The van der Waals surface area contributed by atoms with E-state index in [4.69, 9.17) is 10.2 Å². The molecule has 0 atom stereocenters.